The summed E-state index contributed by atoms with van der Waals surface area (Å²) in [5.74, 6) is -2.54. The molecular weight excluding hydrogens is 410 g/mol. The maximum absolute atomic E-state index is 13.8. The average Bonchev–Trinajstić information content (AvgIpc) is 3.19. The molecule has 0 aliphatic rings. The highest BCUT2D eigenvalue weighted by atomic mass is 35.5. The summed E-state index contributed by atoms with van der Waals surface area (Å²) in [6, 6.07) is 4.55. The maximum Gasteiger partial charge on any atom is 0.272 e. The summed E-state index contributed by atoms with van der Waals surface area (Å²) in [4.78, 5) is 29.2. The smallest absolute Gasteiger partial charge is 0.272 e. The highest BCUT2D eigenvalue weighted by molar-refractivity contribution is 7.22. The van der Waals surface area contributed by atoms with E-state index in [0.29, 0.717) is 10.0 Å². The summed E-state index contributed by atoms with van der Waals surface area (Å²) in [5, 5.41) is 6.36. The number of aromatic nitrogens is 3. The monoisotopic (exact) mass is 422 g/mol. The van der Waals surface area contributed by atoms with Crippen LogP contribution in [0.15, 0.2) is 29.1 Å². The number of nitrogens with zero attached hydrogens (tertiary/aromatic N) is 2. The van der Waals surface area contributed by atoms with E-state index in [0.717, 1.165) is 22.3 Å². The van der Waals surface area contributed by atoms with Crippen molar-refractivity contribution in [3.8, 4) is 0 Å². The maximum atomic E-state index is 13.8. The summed E-state index contributed by atoms with van der Waals surface area (Å²) in [7, 11) is 1.56. The molecule has 0 saturated carbocycles. The summed E-state index contributed by atoms with van der Waals surface area (Å²) < 4.78 is 28.8. The summed E-state index contributed by atoms with van der Waals surface area (Å²) >= 11 is 7.30. The zero-order chi connectivity index (χ0) is 20.2. The minimum atomic E-state index is -1.13. The molecular formula is C18H13ClF2N4O2S. The van der Waals surface area contributed by atoms with Crippen molar-refractivity contribution in [2.24, 2.45) is 0 Å². The molecule has 10 heteroatoms. The van der Waals surface area contributed by atoms with Gasteiger partial charge in [0.2, 0.25) is 0 Å². The van der Waals surface area contributed by atoms with E-state index in [1.54, 1.807) is 26.1 Å². The molecule has 0 aliphatic heterocycles. The second-order valence-corrected chi connectivity index (χ2v) is 8.07. The number of hydrogen-bond donors (Lipinski definition) is 2. The van der Waals surface area contributed by atoms with Gasteiger partial charge in [-0.25, -0.2) is 13.9 Å². The van der Waals surface area contributed by atoms with E-state index >= 15 is 0 Å². The van der Waals surface area contributed by atoms with Crippen LogP contribution in [0.2, 0.25) is 4.34 Å². The Labute approximate surface area is 165 Å². The molecule has 144 valence electrons. The first-order valence-electron chi connectivity index (χ1n) is 8.19. The minimum absolute atomic E-state index is 0.0355. The summed E-state index contributed by atoms with van der Waals surface area (Å²) in [6.45, 7) is 1.68. The number of rotatable bonds is 3. The SMILES string of the molecule is C[C@@H](c1n[nH]c(=O)c2cc(F)c(F)cc12)N(C)C(=O)c1cc2sc(Cl)cc2[nH]1. The van der Waals surface area contributed by atoms with Crippen LogP contribution in [0.5, 0.6) is 0 Å². The van der Waals surface area contributed by atoms with Gasteiger partial charge in [-0.15, -0.1) is 11.3 Å². The molecule has 3 aromatic heterocycles. The highest BCUT2D eigenvalue weighted by Crippen LogP contribution is 2.31. The Hall–Kier alpha value is -2.78. The number of H-pyrrole nitrogens is 2. The third-order valence-electron chi connectivity index (χ3n) is 4.66. The van der Waals surface area contributed by atoms with Gasteiger partial charge in [-0.2, -0.15) is 5.10 Å². The molecule has 4 rings (SSSR count). The molecule has 0 aliphatic carbocycles. The first kappa shape index (κ1) is 18.6. The Bertz CT molecular complexity index is 1260. The van der Waals surface area contributed by atoms with Gasteiger partial charge < -0.3 is 9.88 Å². The molecule has 2 N–H and O–H groups in total. The third kappa shape index (κ3) is 2.96. The quantitative estimate of drug-likeness (QED) is 0.518. The van der Waals surface area contributed by atoms with E-state index in [2.05, 4.69) is 15.2 Å². The van der Waals surface area contributed by atoms with Crippen molar-refractivity contribution >= 4 is 49.8 Å². The average molecular weight is 423 g/mol. The fourth-order valence-electron chi connectivity index (χ4n) is 3.05. The van der Waals surface area contributed by atoms with Crippen molar-refractivity contribution in [3.63, 3.8) is 0 Å². The van der Waals surface area contributed by atoms with E-state index in [1.807, 2.05) is 0 Å². The second kappa shape index (κ2) is 6.68. The summed E-state index contributed by atoms with van der Waals surface area (Å²) in [5.41, 5.74) is 0.726. The first-order chi connectivity index (χ1) is 13.3. The number of benzene rings is 1. The minimum Gasteiger partial charge on any atom is -0.350 e. The van der Waals surface area contributed by atoms with Gasteiger partial charge in [0.05, 0.1) is 31.7 Å². The zero-order valence-electron chi connectivity index (χ0n) is 14.6. The number of halogens is 3. The third-order valence-corrected chi connectivity index (χ3v) is 5.87. The molecule has 1 aromatic carbocycles. The summed E-state index contributed by atoms with van der Waals surface area (Å²) in [6.07, 6.45) is 0. The molecule has 1 atom stereocenters. The van der Waals surface area contributed by atoms with Crippen LogP contribution in [-0.4, -0.2) is 33.0 Å². The highest BCUT2D eigenvalue weighted by Gasteiger charge is 2.25. The van der Waals surface area contributed by atoms with Crippen molar-refractivity contribution in [3.05, 3.63) is 62.0 Å². The van der Waals surface area contributed by atoms with Gasteiger partial charge in [-0.3, -0.25) is 9.59 Å². The molecule has 3 heterocycles. The lowest BCUT2D eigenvalue weighted by molar-refractivity contribution is 0.0735. The molecule has 0 bridgehead atoms. The van der Waals surface area contributed by atoms with Gasteiger partial charge in [0.15, 0.2) is 11.6 Å². The van der Waals surface area contributed by atoms with Crippen LogP contribution in [0, 0.1) is 11.6 Å². The molecule has 28 heavy (non-hydrogen) atoms. The number of carbonyl (C=O) groups excluding carboxylic acids is 1. The molecule has 0 saturated heterocycles. The van der Waals surface area contributed by atoms with Crippen LogP contribution in [0.4, 0.5) is 8.78 Å². The zero-order valence-corrected chi connectivity index (χ0v) is 16.2. The van der Waals surface area contributed by atoms with Crippen molar-refractivity contribution < 1.29 is 13.6 Å². The Kier molecular flexibility index (Phi) is 4.43. The van der Waals surface area contributed by atoms with E-state index in [-0.39, 0.29) is 22.4 Å². The number of hydrogen-bond acceptors (Lipinski definition) is 4. The van der Waals surface area contributed by atoms with Gasteiger partial charge in [0.1, 0.15) is 5.69 Å². The van der Waals surface area contributed by atoms with Crippen LogP contribution in [-0.2, 0) is 0 Å². The van der Waals surface area contributed by atoms with Crippen molar-refractivity contribution in [1.82, 2.24) is 20.1 Å². The van der Waals surface area contributed by atoms with E-state index in [9.17, 15) is 18.4 Å². The second-order valence-electron chi connectivity index (χ2n) is 6.35. The van der Waals surface area contributed by atoms with Crippen molar-refractivity contribution in [2.75, 3.05) is 7.05 Å². The lowest BCUT2D eigenvalue weighted by Crippen LogP contribution is -2.31. The predicted molar refractivity (Wildman–Crippen MR) is 104 cm³/mol. The van der Waals surface area contributed by atoms with Gasteiger partial charge >= 0.3 is 0 Å². The Balaban J connectivity index is 1.73. The fraction of sp³-hybridized carbons (Fsp3) is 0.167. The Morgan fingerprint density at radius 1 is 1.21 bits per heavy atom. The topological polar surface area (TPSA) is 81.8 Å². The van der Waals surface area contributed by atoms with Gasteiger partial charge in [0.25, 0.3) is 11.5 Å². The number of amides is 1. The van der Waals surface area contributed by atoms with E-state index in [4.69, 9.17) is 11.6 Å². The van der Waals surface area contributed by atoms with Crippen molar-refractivity contribution in [1.29, 1.82) is 0 Å². The molecule has 0 radical (unpaired) electrons. The standard InChI is InChI=1S/C18H13ClF2N4O2S/c1-7(16-8-3-10(20)11(21)4-9(8)17(26)24-23-16)25(2)18(27)13-5-14-12(22-13)6-15(19)28-14/h3-7,22H,1-2H3,(H,24,26)/t7-/m0/s1. The molecule has 0 unspecified atom stereocenters. The van der Waals surface area contributed by atoms with Crippen LogP contribution in [0.1, 0.15) is 29.1 Å². The van der Waals surface area contributed by atoms with Crippen LogP contribution < -0.4 is 5.56 Å². The Morgan fingerprint density at radius 2 is 1.89 bits per heavy atom. The fourth-order valence-corrected chi connectivity index (χ4v) is 4.19. The normalized spacial score (nSPS) is 12.6. The van der Waals surface area contributed by atoms with Crippen molar-refractivity contribution in [2.45, 2.75) is 13.0 Å². The number of nitrogens with one attached hydrogen (secondary N) is 2. The first-order valence-corrected chi connectivity index (χ1v) is 9.38. The molecule has 0 spiro atoms. The lowest BCUT2D eigenvalue weighted by atomic mass is 10.1. The number of fused-ring (bicyclic) bond motifs is 2. The van der Waals surface area contributed by atoms with Gasteiger partial charge in [0, 0.05) is 12.4 Å². The number of aromatic amines is 2. The van der Waals surface area contributed by atoms with Crippen LogP contribution in [0.3, 0.4) is 0 Å². The largest absolute Gasteiger partial charge is 0.350 e. The van der Waals surface area contributed by atoms with Crippen LogP contribution >= 0.6 is 22.9 Å². The lowest BCUT2D eigenvalue weighted by Gasteiger charge is -2.24. The molecule has 0 fully saturated rings. The number of carbonyl (C=O) groups is 1. The van der Waals surface area contributed by atoms with Gasteiger partial charge in [-0.05, 0) is 31.2 Å². The van der Waals surface area contributed by atoms with Crippen LogP contribution in [0.25, 0.3) is 21.0 Å². The Morgan fingerprint density at radius 3 is 2.57 bits per heavy atom. The van der Waals surface area contributed by atoms with E-state index < -0.39 is 23.2 Å². The van der Waals surface area contributed by atoms with E-state index in [1.165, 1.54) is 16.2 Å². The predicted octanol–water partition coefficient (Wildman–Crippen LogP) is 4.23. The van der Waals surface area contributed by atoms with Gasteiger partial charge in [-0.1, -0.05) is 11.6 Å². The molecule has 6 nitrogen and oxygen atoms in total. The number of thiophene rings is 1. The molecule has 1 amide bonds. The molecule has 4 aromatic rings.